The maximum Gasteiger partial charge on any atom is 0.253 e. The predicted octanol–water partition coefficient (Wildman–Crippen LogP) is 4.09. The number of rotatable bonds is 7. The van der Waals surface area contributed by atoms with E-state index in [1.807, 2.05) is 0 Å². The lowest BCUT2D eigenvalue weighted by Gasteiger charge is -2.29. The number of aromatic nitrogens is 3. The van der Waals surface area contributed by atoms with Crippen molar-refractivity contribution in [3.05, 3.63) is 36.0 Å². The number of benzene rings is 1. The number of nitrogens with zero attached hydrogens (tertiary/aromatic N) is 2. The Hall–Kier alpha value is -2.08. The van der Waals surface area contributed by atoms with Gasteiger partial charge in [-0.1, -0.05) is 18.6 Å². The third-order valence-electron chi connectivity index (χ3n) is 6.34. The summed E-state index contributed by atoms with van der Waals surface area (Å²) in [5, 5.41) is 19.7. The van der Waals surface area contributed by atoms with Gasteiger partial charge in [0.05, 0.1) is 6.61 Å². The van der Waals surface area contributed by atoms with E-state index in [-0.39, 0.29) is 6.10 Å². The van der Waals surface area contributed by atoms with Crippen LogP contribution in [0.15, 0.2) is 30.5 Å². The molecule has 2 N–H and O–H groups in total. The second kappa shape index (κ2) is 9.41. The Kier molecular flexibility index (Phi) is 6.47. The van der Waals surface area contributed by atoms with Gasteiger partial charge in [-0.25, -0.2) is 0 Å². The molecule has 0 spiro atoms. The van der Waals surface area contributed by atoms with E-state index in [1.54, 1.807) is 6.20 Å². The van der Waals surface area contributed by atoms with E-state index in [0.29, 0.717) is 30.2 Å². The summed E-state index contributed by atoms with van der Waals surface area (Å²) in [7, 11) is 0. The number of ether oxygens (including phenoxy) is 2. The number of hydrogen-bond donors (Lipinski definition) is 2. The first-order valence-corrected chi connectivity index (χ1v) is 10.7. The fourth-order valence-corrected chi connectivity index (χ4v) is 4.70. The van der Waals surface area contributed by atoms with Crippen LogP contribution >= 0.6 is 0 Å². The molecule has 0 aliphatic heterocycles. The van der Waals surface area contributed by atoms with Crippen LogP contribution in [0, 0.1) is 11.8 Å². The van der Waals surface area contributed by atoms with E-state index in [4.69, 9.17) is 9.47 Å². The summed E-state index contributed by atoms with van der Waals surface area (Å²) in [6.45, 7) is 1.08. The Morgan fingerprint density at radius 2 is 1.79 bits per heavy atom. The van der Waals surface area contributed by atoms with Gasteiger partial charge >= 0.3 is 0 Å². The van der Waals surface area contributed by atoms with Crippen LogP contribution in [0.4, 0.5) is 0 Å². The summed E-state index contributed by atoms with van der Waals surface area (Å²) >= 11 is 0. The summed E-state index contributed by atoms with van der Waals surface area (Å²) in [5.41, 5.74) is 1.39. The number of aliphatic hydroxyl groups excluding tert-OH is 1. The minimum atomic E-state index is 0.238. The first-order chi connectivity index (χ1) is 13.8. The molecule has 2 fully saturated rings. The molecule has 1 aromatic carbocycles. The minimum absolute atomic E-state index is 0.238. The first kappa shape index (κ1) is 19.2. The van der Waals surface area contributed by atoms with Gasteiger partial charge in [0.15, 0.2) is 0 Å². The zero-order chi connectivity index (χ0) is 19.2. The van der Waals surface area contributed by atoms with Crippen molar-refractivity contribution in [3.8, 4) is 11.6 Å². The molecule has 4 rings (SSSR count). The Balaban J connectivity index is 1.22. The highest BCUT2D eigenvalue weighted by Gasteiger charge is 2.24. The van der Waals surface area contributed by atoms with Crippen LogP contribution in [0.2, 0.25) is 0 Å². The number of nitrogens with one attached hydrogen (secondary N) is 1. The van der Waals surface area contributed by atoms with Crippen LogP contribution in [0.5, 0.6) is 11.6 Å². The van der Waals surface area contributed by atoms with Gasteiger partial charge in [0.2, 0.25) is 0 Å². The number of hydrogen-bond acceptors (Lipinski definition) is 5. The summed E-state index contributed by atoms with van der Waals surface area (Å²) in [5.74, 6) is 3.18. The van der Waals surface area contributed by atoms with Crippen LogP contribution in [0.3, 0.4) is 0 Å². The summed E-state index contributed by atoms with van der Waals surface area (Å²) in [6, 6.07) is 8.66. The Labute approximate surface area is 166 Å². The standard InChI is InChI=1S/C22H31N3O3/c26-14-16-2-1-3-17(12-16)15-27-20-8-4-18(5-9-20)19-6-10-21(11-7-19)28-22-13-23-25-24-22/h4-5,8-9,13,16-17,19,21,26H,1-3,6-7,10-12,14-15H2,(H,23,24,25)/t16-,17-,19?,21?/m0/s1. The normalized spacial score (nSPS) is 28.0. The van der Waals surface area contributed by atoms with Gasteiger partial charge in [0.25, 0.3) is 5.88 Å². The molecule has 2 aromatic rings. The van der Waals surface area contributed by atoms with Gasteiger partial charge in [-0.3, -0.25) is 0 Å². The van der Waals surface area contributed by atoms with Crippen molar-refractivity contribution < 1.29 is 14.6 Å². The van der Waals surface area contributed by atoms with Crippen LogP contribution < -0.4 is 9.47 Å². The van der Waals surface area contributed by atoms with Gasteiger partial charge in [-0.05, 0) is 80.4 Å². The molecule has 2 saturated carbocycles. The third kappa shape index (κ3) is 5.04. The molecule has 1 heterocycles. The highest BCUT2D eigenvalue weighted by molar-refractivity contribution is 5.29. The number of aromatic amines is 1. The molecule has 2 atom stereocenters. The molecule has 1 aromatic heterocycles. The average molecular weight is 386 g/mol. The number of H-pyrrole nitrogens is 1. The second-order valence-electron chi connectivity index (χ2n) is 8.36. The maximum absolute atomic E-state index is 9.37. The monoisotopic (exact) mass is 385 g/mol. The molecule has 0 unspecified atom stereocenters. The Morgan fingerprint density at radius 1 is 1.00 bits per heavy atom. The largest absolute Gasteiger partial charge is 0.493 e. The van der Waals surface area contributed by atoms with Crippen LogP contribution in [0.25, 0.3) is 0 Å². The van der Waals surface area contributed by atoms with Crippen molar-refractivity contribution in [2.45, 2.75) is 63.4 Å². The van der Waals surface area contributed by atoms with Crippen LogP contribution in [0.1, 0.15) is 62.8 Å². The molecule has 2 aliphatic carbocycles. The van der Waals surface area contributed by atoms with E-state index < -0.39 is 0 Å². The minimum Gasteiger partial charge on any atom is -0.493 e. The summed E-state index contributed by atoms with van der Waals surface area (Å²) in [6.07, 6.45) is 10.9. The Morgan fingerprint density at radius 3 is 2.50 bits per heavy atom. The summed E-state index contributed by atoms with van der Waals surface area (Å²) in [4.78, 5) is 0. The van der Waals surface area contributed by atoms with Gasteiger partial charge in [0, 0.05) is 6.61 Å². The second-order valence-corrected chi connectivity index (χ2v) is 8.36. The SMILES string of the molecule is OC[C@H]1CCC[C@H](COc2ccc(C3CCC(Oc4cn[nH]n4)CC3)cc2)C1. The van der Waals surface area contributed by atoms with E-state index in [1.165, 1.54) is 18.4 Å². The topological polar surface area (TPSA) is 80.3 Å². The molecule has 0 radical (unpaired) electrons. The molecule has 6 heteroatoms. The first-order valence-electron chi connectivity index (χ1n) is 10.7. The molecular weight excluding hydrogens is 354 g/mol. The molecule has 0 amide bonds. The number of aliphatic hydroxyl groups is 1. The van der Waals surface area contributed by atoms with Crippen molar-refractivity contribution in [2.75, 3.05) is 13.2 Å². The van der Waals surface area contributed by atoms with E-state index in [2.05, 4.69) is 39.7 Å². The Bertz CT molecular complexity index is 696. The van der Waals surface area contributed by atoms with Crippen LogP contribution in [-0.2, 0) is 0 Å². The zero-order valence-electron chi connectivity index (χ0n) is 16.4. The zero-order valence-corrected chi connectivity index (χ0v) is 16.4. The lowest BCUT2D eigenvalue weighted by Crippen LogP contribution is -2.23. The molecule has 152 valence electrons. The maximum atomic E-state index is 9.37. The fraction of sp³-hybridized carbons (Fsp3) is 0.636. The van der Waals surface area contributed by atoms with Gasteiger partial charge in [0.1, 0.15) is 18.1 Å². The lowest BCUT2D eigenvalue weighted by molar-refractivity contribution is 0.129. The third-order valence-corrected chi connectivity index (χ3v) is 6.34. The lowest BCUT2D eigenvalue weighted by atomic mass is 9.82. The highest BCUT2D eigenvalue weighted by Crippen LogP contribution is 2.35. The highest BCUT2D eigenvalue weighted by atomic mass is 16.5. The molecule has 0 saturated heterocycles. The molecular formula is C22H31N3O3. The van der Waals surface area contributed by atoms with Crippen molar-refractivity contribution in [1.29, 1.82) is 0 Å². The van der Waals surface area contributed by atoms with Gasteiger partial charge in [-0.2, -0.15) is 10.3 Å². The van der Waals surface area contributed by atoms with Gasteiger partial charge in [-0.15, -0.1) is 5.10 Å². The summed E-state index contributed by atoms with van der Waals surface area (Å²) < 4.78 is 11.9. The molecule has 2 aliphatic rings. The molecule has 0 bridgehead atoms. The van der Waals surface area contributed by atoms with Crippen molar-refractivity contribution in [3.63, 3.8) is 0 Å². The molecule has 6 nitrogen and oxygen atoms in total. The van der Waals surface area contributed by atoms with Crippen molar-refractivity contribution in [1.82, 2.24) is 15.4 Å². The molecule has 28 heavy (non-hydrogen) atoms. The smallest absolute Gasteiger partial charge is 0.253 e. The quantitative estimate of drug-likeness (QED) is 0.750. The van der Waals surface area contributed by atoms with Gasteiger partial charge < -0.3 is 14.6 Å². The van der Waals surface area contributed by atoms with Crippen molar-refractivity contribution in [2.24, 2.45) is 11.8 Å². The predicted molar refractivity (Wildman–Crippen MR) is 106 cm³/mol. The van der Waals surface area contributed by atoms with Crippen molar-refractivity contribution >= 4 is 0 Å². The average Bonchev–Trinajstić information content (AvgIpc) is 3.26. The fourth-order valence-electron chi connectivity index (χ4n) is 4.70. The van der Waals surface area contributed by atoms with Crippen LogP contribution in [-0.4, -0.2) is 39.8 Å². The van der Waals surface area contributed by atoms with E-state index in [9.17, 15) is 5.11 Å². The van der Waals surface area contributed by atoms with E-state index in [0.717, 1.165) is 50.9 Å². The van der Waals surface area contributed by atoms with E-state index >= 15 is 0 Å².